The molecule has 0 heterocycles. The van der Waals surface area contributed by atoms with Gasteiger partial charge in [-0.2, -0.15) is 0 Å². The van der Waals surface area contributed by atoms with Crippen LogP contribution in [0.15, 0.2) is 24.3 Å². The van der Waals surface area contributed by atoms with Gasteiger partial charge in [0.2, 0.25) is 5.91 Å². The van der Waals surface area contributed by atoms with Crippen molar-refractivity contribution in [1.29, 1.82) is 0 Å². The number of nitrogens with one attached hydrogen (secondary N) is 1. The minimum absolute atomic E-state index is 0.00795. The SMILES string of the molecule is Cc1ccccc1CCNC(=O)C1(CO)CC1. The Morgan fingerprint density at radius 1 is 1.41 bits per heavy atom. The molecular weight excluding hydrogens is 214 g/mol. The molecule has 3 heteroatoms. The Balaban J connectivity index is 1.80. The van der Waals surface area contributed by atoms with E-state index in [1.165, 1.54) is 11.1 Å². The molecule has 0 aromatic heterocycles. The first-order valence-corrected chi connectivity index (χ1v) is 6.12. The number of benzene rings is 1. The van der Waals surface area contributed by atoms with Crippen LogP contribution >= 0.6 is 0 Å². The first kappa shape index (κ1) is 12.1. The molecule has 92 valence electrons. The Bertz CT molecular complexity index is 410. The molecule has 1 amide bonds. The van der Waals surface area contributed by atoms with Crippen molar-refractivity contribution in [2.24, 2.45) is 5.41 Å². The molecule has 2 rings (SSSR count). The van der Waals surface area contributed by atoms with Gasteiger partial charge in [-0.05, 0) is 37.3 Å². The second-order valence-corrected chi connectivity index (χ2v) is 4.87. The highest BCUT2D eigenvalue weighted by Gasteiger charge is 2.49. The average molecular weight is 233 g/mol. The average Bonchev–Trinajstić information content (AvgIpc) is 3.12. The van der Waals surface area contributed by atoms with E-state index in [1.807, 2.05) is 12.1 Å². The lowest BCUT2D eigenvalue weighted by molar-refractivity contribution is -0.127. The molecule has 1 aliphatic carbocycles. The predicted octanol–water partition coefficient (Wildman–Crippen LogP) is 1.43. The molecule has 3 nitrogen and oxygen atoms in total. The third kappa shape index (κ3) is 2.67. The summed E-state index contributed by atoms with van der Waals surface area (Å²) in [7, 11) is 0. The fourth-order valence-electron chi connectivity index (χ4n) is 2.00. The number of carbonyl (C=O) groups is 1. The second kappa shape index (κ2) is 4.88. The molecule has 1 aromatic rings. The summed E-state index contributed by atoms with van der Waals surface area (Å²) < 4.78 is 0. The number of amides is 1. The van der Waals surface area contributed by atoms with Crippen molar-refractivity contribution in [2.75, 3.05) is 13.2 Å². The molecule has 0 saturated heterocycles. The van der Waals surface area contributed by atoms with Crippen LogP contribution in [0.5, 0.6) is 0 Å². The Labute approximate surface area is 102 Å². The van der Waals surface area contributed by atoms with Gasteiger partial charge in [-0.3, -0.25) is 4.79 Å². The lowest BCUT2D eigenvalue weighted by Gasteiger charge is -2.12. The van der Waals surface area contributed by atoms with Gasteiger partial charge in [0.1, 0.15) is 0 Å². The van der Waals surface area contributed by atoms with Gasteiger partial charge in [0.05, 0.1) is 12.0 Å². The summed E-state index contributed by atoms with van der Waals surface area (Å²) >= 11 is 0. The lowest BCUT2D eigenvalue weighted by atomic mass is 10.1. The molecule has 0 atom stereocenters. The van der Waals surface area contributed by atoms with Gasteiger partial charge < -0.3 is 10.4 Å². The molecule has 1 aliphatic rings. The zero-order valence-electron chi connectivity index (χ0n) is 10.2. The summed E-state index contributed by atoms with van der Waals surface area (Å²) in [5.74, 6) is 0.00795. The number of aliphatic hydroxyl groups is 1. The molecule has 0 radical (unpaired) electrons. The predicted molar refractivity (Wildman–Crippen MR) is 66.6 cm³/mol. The van der Waals surface area contributed by atoms with E-state index in [-0.39, 0.29) is 12.5 Å². The van der Waals surface area contributed by atoms with Crippen molar-refractivity contribution in [3.63, 3.8) is 0 Å². The van der Waals surface area contributed by atoms with Crippen molar-refractivity contribution < 1.29 is 9.90 Å². The Kier molecular flexibility index (Phi) is 3.48. The van der Waals surface area contributed by atoms with Crippen LogP contribution in [0.25, 0.3) is 0 Å². The van der Waals surface area contributed by atoms with Crippen molar-refractivity contribution in [2.45, 2.75) is 26.2 Å². The zero-order chi connectivity index (χ0) is 12.3. The van der Waals surface area contributed by atoms with Gasteiger partial charge in [0.15, 0.2) is 0 Å². The Morgan fingerprint density at radius 3 is 2.71 bits per heavy atom. The van der Waals surface area contributed by atoms with E-state index in [0.717, 1.165) is 19.3 Å². The first-order chi connectivity index (χ1) is 8.18. The highest BCUT2D eigenvalue weighted by atomic mass is 16.3. The van der Waals surface area contributed by atoms with Gasteiger partial charge in [-0.25, -0.2) is 0 Å². The summed E-state index contributed by atoms with van der Waals surface area (Å²) in [5.41, 5.74) is 2.07. The molecule has 0 bridgehead atoms. The van der Waals surface area contributed by atoms with Crippen LogP contribution in [0.1, 0.15) is 24.0 Å². The summed E-state index contributed by atoms with van der Waals surface area (Å²) in [5, 5.41) is 12.0. The third-order valence-electron chi connectivity index (χ3n) is 3.58. The molecule has 1 saturated carbocycles. The molecule has 0 spiro atoms. The molecule has 1 aromatic carbocycles. The molecular formula is C14H19NO2. The fraction of sp³-hybridized carbons (Fsp3) is 0.500. The van der Waals surface area contributed by atoms with Gasteiger partial charge >= 0.3 is 0 Å². The van der Waals surface area contributed by atoms with Crippen LogP contribution in [-0.4, -0.2) is 24.2 Å². The van der Waals surface area contributed by atoms with E-state index < -0.39 is 5.41 Å². The normalized spacial score (nSPS) is 16.6. The van der Waals surface area contributed by atoms with Gasteiger partial charge in [0.25, 0.3) is 0 Å². The quantitative estimate of drug-likeness (QED) is 0.808. The van der Waals surface area contributed by atoms with Crippen LogP contribution in [-0.2, 0) is 11.2 Å². The number of hydrogen-bond acceptors (Lipinski definition) is 2. The maximum atomic E-state index is 11.8. The minimum atomic E-state index is -0.453. The number of carbonyl (C=O) groups excluding carboxylic acids is 1. The first-order valence-electron chi connectivity index (χ1n) is 6.12. The number of aryl methyl sites for hydroxylation is 1. The van der Waals surface area contributed by atoms with Crippen LogP contribution in [0, 0.1) is 12.3 Å². The highest BCUT2D eigenvalue weighted by Crippen LogP contribution is 2.45. The van der Waals surface area contributed by atoms with Crippen LogP contribution in [0.2, 0.25) is 0 Å². The molecule has 2 N–H and O–H groups in total. The summed E-state index contributed by atoms with van der Waals surface area (Å²) in [6.45, 7) is 2.70. The van der Waals surface area contributed by atoms with Crippen LogP contribution in [0.4, 0.5) is 0 Å². The topological polar surface area (TPSA) is 49.3 Å². The number of rotatable bonds is 5. The Hall–Kier alpha value is -1.35. The highest BCUT2D eigenvalue weighted by molar-refractivity contribution is 5.85. The fourth-order valence-corrected chi connectivity index (χ4v) is 2.00. The maximum Gasteiger partial charge on any atom is 0.228 e. The molecule has 1 fully saturated rings. The van der Waals surface area contributed by atoms with Gasteiger partial charge in [-0.15, -0.1) is 0 Å². The van der Waals surface area contributed by atoms with Crippen LogP contribution in [0.3, 0.4) is 0 Å². The van der Waals surface area contributed by atoms with E-state index in [9.17, 15) is 4.79 Å². The number of aliphatic hydroxyl groups excluding tert-OH is 1. The van der Waals surface area contributed by atoms with Crippen LogP contribution < -0.4 is 5.32 Å². The van der Waals surface area contributed by atoms with E-state index >= 15 is 0 Å². The van der Waals surface area contributed by atoms with Gasteiger partial charge in [-0.1, -0.05) is 24.3 Å². The minimum Gasteiger partial charge on any atom is -0.395 e. The zero-order valence-corrected chi connectivity index (χ0v) is 10.2. The van der Waals surface area contributed by atoms with E-state index in [4.69, 9.17) is 5.11 Å². The second-order valence-electron chi connectivity index (χ2n) is 4.87. The van der Waals surface area contributed by atoms with Crippen molar-refractivity contribution in [3.8, 4) is 0 Å². The van der Waals surface area contributed by atoms with E-state index in [0.29, 0.717) is 6.54 Å². The smallest absolute Gasteiger partial charge is 0.228 e. The van der Waals surface area contributed by atoms with Crippen molar-refractivity contribution >= 4 is 5.91 Å². The van der Waals surface area contributed by atoms with Crippen molar-refractivity contribution in [1.82, 2.24) is 5.32 Å². The summed E-state index contributed by atoms with van der Waals surface area (Å²) in [6, 6.07) is 8.19. The summed E-state index contributed by atoms with van der Waals surface area (Å²) in [6.07, 6.45) is 2.49. The third-order valence-corrected chi connectivity index (χ3v) is 3.58. The molecule has 0 aliphatic heterocycles. The largest absolute Gasteiger partial charge is 0.395 e. The van der Waals surface area contributed by atoms with E-state index in [2.05, 4.69) is 24.4 Å². The van der Waals surface area contributed by atoms with E-state index in [1.54, 1.807) is 0 Å². The van der Waals surface area contributed by atoms with Crippen molar-refractivity contribution in [3.05, 3.63) is 35.4 Å². The molecule has 17 heavy (non-hydrogen) atoms. The standard InChI is InChI=1S/C14H19NO2/c1-11-4-2-3-5-12(11)6-9-15-13(17)14(10-16)7-8-14/h2-5,16H,6-10H2,1H3,(H,15,17). The lowest BCUT2D eigenvalue weighted by Crippen LogP contribution is -2.35. The maximum absolute atomic E-state index is 11.8. The monoisotopic (exact) mass is 233 g/mol. The Morgan fingerprint density at radius 2 is 2.12 bits per heavy atom. The van der Waals surface area contributed by atoms with Gasteiger partial charge in [0, 0.05) is 6.54 Å². The number of hydrogen-bond donors (Lipinski definition) is 2. The molecule has 0 unspecified atom stereocenters. The summed E-state index contributed by atoms with van der Waals surface area (Å²) in [4.78, 5) is 11.8.